The van der Waals surface area contributed by atoms with E-state index in [4.69, 9.17) is 5.26 Å². The predicted molar refractivity (Wildman–Crippen MR) is 84.4 cm³/mol. The molecule has 0 spiro atoms. The molecule has 0 saturated heterocycles. The summed E-state index contributed by atoms with van der Waals surface area (Å²) in [6.07, 6.45) is 0. The lowest BCUT2D eigenvalue weighted by atomic mass is 10.2. The Bertz CT molecular complexity index is 925. The number of hydrogen-bond donors (Lipinski definition) is 1. The third kappa shape index (κ3) is 2.77. The number of nitrogens with one attached hydrogen (secondary N) is 1. The van der Waals surface area contributed by atoms with Gasteiger partial charge in [0.05, 0.1) is 23.7 Å². The van der Waals surface area contributed by atoms with Crippen molar-refractivity contribution in [2.75, 3.05) is 13.6 Å². The monoisotopic (exact) mass is 345 g/mol. The number of sulfonamides is 1. The maximum Gasteiger partial charge on any atom is 0.251 e. The molecule has 9 heteroatoms. The Morgan fingerprint density at radius 1 is 1.29 bits per heavy atom. The van der Waals surface area contributed by atoms with Gasteiger partial charge in [-0.05, 0) is 30.3 Å². The first kappa shape index (κ1) is 16.2. The number of nitrogens with zero attached hydrogens (tertiary/aromatic N) is 4. The fourth-order valence-corrected chi connectivity index (χ4v) is 3.98. The number of amides is 1. The largest absolute Gasteiger partial charge is 0.355 e. The summed E-state index contributed by atoms with van der Waals surface area (Å²) < 4.78 is 28.5. The summed E-state index contributed by atoms with van der Waals surface area (Å²) in [4.78, 5) is 11.7. The molecule has 0 fully saturated rings. The van der Waals surface area contributed by atoms with E-state index in [0.29, 0.717) is 17.8 Å². The van der Waals surface area contributed by atoms with Crippen molar-refractivity contribution in [1.29, 1.82) is 5.26 Å². The highest BCUT2D eigenvalue weighted by atomic mass is 32.2. The van der Waals surface area contributed by atoms with Gasteiger partial charge in [0, 0.05) is 19.2 Å². The van der Waals surface area contributed by atoms with Crippen LogP contribution in [0.25, 0.3) is 0 Å². The molecule has 0 saturated carbocycles. The van der Waals surface area contributed by atoms with Gasteiger partial charge in [0.15, 0.2) is 5.69 Å². The van der Waals surface area contributed by atoms with Crippen molar-refractivity contribution in [2.24, 2.45) is 0 Å². The van der Waals surface area contributed by atoms with Crippen LogP contribution in [0.15, 0.2) is 35.2 Å². The Labute approximate surface area is 139 Å². The van der Waals surface area contributed by atoms with Gasteiger partial charge in [-0.3, -0.25) is 9.48 Å². The van der Waals surface area contributed by atoms with Crippen LogP contribution >= 0.6 is 0 Å². The zero-order valence-corrected chi connectivity index (χ0v) is 13.7. The molecule has 124 valence electrons. The van der Waals surface area contributed by atoms with Crippen LogP contribution in [0.3, 0.4) is 0 Å². The predicted octanol–water partition coefficient (Wildman–Crippen LogP) is 0.319. The molecule has 0 aliphatic carbocycles. The Balaban J connectivity index is 1.86. The summed E-state index contributed by atoms with van der Waals surface area (Å²) in [7, 11) is -2.16. The molecule has 2 heterocycles. The maximum atomic E-state index is 12.8. The highest BCUT2D eigenvalue weighted by Crippen LogP contribution is 2.22. The Hall–Kier alpha value is -2.70. The number of hydrogen-bond acceptors (Lipinski definition) is 5. The van der Waals surface area contributed by atoms with Crippen molar-refractivity contribution in [2.45, 2.75) is 18.0 Å². The Morgan fingerprint density at radius 3 is 2.62 bits per heavy atom. The van der Waals surface area contributed by atoms with E-state index in [9.17, 15) is 13.2 Å². The summed E-state index contributed by atoms with van der Waals surface area (Å²) in [5, 5.41) is 15.5. The zero-order valence-electron chi connectivity index (χ0n) is 12.9. The molecule has 0 unspecified atom stereocenters. The highest BCUT2D eigenvalue weighted by Gasteiger charge is 2.29. The fraction of sp³-hybridized carbons (Fsp3) is 0.267. The van der Waals surface area contributed by atoms with Crippen LogP contribution in [-0.2, 0) is 23.1 Å². The lowest BCUT2D eigenvalue weighted by Gasteiger charge is -2.26. The van der Waals surface area contributed by atoms with Crippen LogP contribution in [0.5, 0.6) is 0 Å². The zero-order chi connectivity index (χ0) is 17.3. The fourth-order valence-electron chi connectivity index (χ4n) is 2.57. The van der Waals surface area contributed by atoms with Crippen LogP contribution in [0.2, 0.25) is 0 Å². The van der Waals surface area contributed by atoms with Crippen molar-refractivity contribution >= 4 is 15.9 Å². The summed E-state index contributed by atoms with van der Waals surface area (Å²) in [5.74, 6) is -0.273. The van der Waals surface area contributed by atoms with E-state index in [-0.39, 0.29) is 29.6 Å². The standard InChI is InChI=1S/C15H15N5O3S/c1-17-15(21)11-2-4-14(5-3-11)24(22,23)19-6-7-20-13(10-19)8-12(9-16)18-20/h2-5,8H,6-7,10H2,1H3,(H,17,21). The van der Waals surface area contributed by atoms with Gasteiger partial charge >= 0.3 is 0 Å². The number of benzene rings is 1. The topological polar surface area (TPSA) is 108 Å². The smallest absolute Gasteiger partial charge is 0.251 e. The number of nitriles is 1. The van der Waals surface area contributed by atoms with Crippen LogP contribution in [0, 0.1) is 11.3 Å². The second kappa shape index (κ2) is 6.07. The molecule has 8 nitrogen and oxygen atoms in total. The van der Waals surface area contributed by atoms with Crippen LogP contribution in [0.1, 0.15) is 21.7 Å². The van der Waals surface area contributed by atoms with Crippen molar-refractivity contribution in [3.8, 4) is 6.07 Å². The Kier molecular flexibility index (Phi) is 4.09. The van der Waals surface area contributed by atoms with E-state index in [1.54, 1.807) is 10.7 Å². The van der Waals surface area contributed by atoms with Gasteiger partial charge in [0.2, 0.25) is 10.0 Å². The van der Waals surface area contributed by atoms with E-state index in [1.807, 2.05) is 6.07 Å². The maximum absolute atomic E-state index is 12.8. The van der Waals surface area contributed by atoms with Gasteiger partial charge in [-0.2, -0.15) is 14.7 Å². The molecule has 2 aromatic rings. The number of carbonyl (C=O) groups is 1. The minimum absolute atomic E-state index is 0.128. The van der Waals surface area contributed by atoms with E-state index >= 15 is 0 Å². The van der Waals surface area contributed by atoms with Crippen molar-refractivity contribution in [3.63, 3.8) is 0 Å². The first-order valence-corrected chi connectivity index (χ1v) is 8.69. The highest BCUT2D eigenvalue weighted by molar-refractivity contribution is 7.89. The summed E-state index contributed by atoms with van der Waals surface area (Å²) in [6.45, 7) is 0.833. The first-order valence-electron chi connectivity index (χ1n) is 7.25. The molecule has 1 N–H and O–H groups in total. The molecule has 1 aromatic heterocycles. The molecule has 1 aliphatic heterocycles. The van der Waals surface area contributed by atoms with Gasteiger partial charge in [0.25, 0.3) is 5.91 Å². The second-order valence-corrected chi connectivity index (χ2v) is 7.24. The molecule has 0 bridgehead atoms. The number of aromatic nitrogens is 2. The van der Waals surface area contributed by atoms with Gasteiger partial charge in [-0.1, -0.05) is 0 Å². The van der Waals surface area contributed by atoms with Crippen LogP contribution in [-0.4, -0.2) is 42.0 Å². The van der Waals surface area contributed by atoms with E-state index in [1.165, 1.54) is 35.6 Å². The molecule has 1 amide bonds. The molecule has 1 aliphatic rings. The van der Waals surface area contributed by atoms with E-state index < -0.39 is 10.0 Å². The SMILES string of the molecule is CNC(=O)c1ccc(S(=O)(=O)N2CCn3nc(C#N)cc3C2)cc1. The molecule has 0 radical (unpaired) electrons. The summed E-state index contributed by atoms with van der Waals surface area (Å²) in [6, 6.07) is 9.35. The van der Waals surface area contributed by atoms with Crippen molar-refractivity contribution < 1.29 is 13.2 Å². The van der Waals surface area contributed by atoms with E-state index in [0.717, 1.165) is 0 Å². The third-order valence-corrected chi connectivity index (χ3v) is 5.72. The molecule has 1 aromatic carbocycles. The number of carbonyl (C=O) groups excluding carboxylic acids is 1. The average Bonchev–Trinajstić information content (AvgIpc) is 3.03. The van der Waals surface area contributed by atoms with Gasteiger partial charge in [0.1, 0.15) is 6.07 Å². The average molecular weight is 345 g/mol. The Morgan fingerprint density at radius 2 is 2.00 bits per heavy atom. The minimum atomic E-state index is -3.67. The van der Waals surface area contributed by atoms with Crippen LogP contribution in [0.4, 0.5) is 0 Å². The minimum Gasteiger partial charge on any atom is -0.355 e. The molecular weight excluding hydrogens is 330 g/mol. The third-order valence-electron chi connectivity index (χ3n) is 3.86. The van der Waals surface area contributed by atoms with Crippen molar-refractivity contribution in [3.05, 3.63) is 47.3 Å². The summed E-state index contributed by atoms with van der Waals surface area (Å²) in [5.41, 5.74) is 1.36. The van der Waals surface area contributed by atoms with E-state index in [2.05, 4.69) is 10.4 Å². The molecule has 0 atom stereocenters. The van der Waals surface area contributed by atoms with Gasteiger partial charge in [-0.15, -0.1) is 0 Å². The second-order valence-electron chi connectivity index (χ2n) is 5.30. The first-order chi connectivity index (χ1) is 11.5. The van der Waals surface area contributed by atoms with Gasteiger partial charge < -0.3 is 5.32 Å². The summed E-state index contributed by atoms with van der Waals surface area (Å²) >= 11 is 0. The molecule has 3 rings (SSSR count). The molecule has 24 heavy (non-hydrogen) atoms. The molecular formula is C15H15N5O3S. The van der Waals surface area contributed by atoms with Crippen molar-refractivity contribution in [1.82, 2.24) is 19.4 Å². The quantitative estimate of drug-likeness (QED) is 0.862. The lowest BCUT2D eigenvalue weighted by molar-refractivity contribution is 0.0963. The van der Waals surface area contributed by atoms with Gasteiger partial charge in [-0.25, -0.2) is 8.42 Å². The lowest BCUT2D eigenvalue weighted by Crippen LogP contribution is -2.38. The van der Waals surface area contributed by atoms with Crippen LogP contribution < -0.4 is 5.32 Å². The normalized spacial score (nSPS) is 14.7. The number of fused-ring (bicyclic) bond motifs is 1. The number of rotatable bonds is 3.